The number of carbonyl (C=O) groups is 3. The Labute approximate surface area is 275 Å². The van der Waals surface area contributed by atoms with Crippen LogP contribution in [-0.4, -0.2) is 45.2 Å². The summed E-state index contributed by atoms with van der Waals surface area (Å²) in [6.07, 6.45) is -0.145. The van der Waals surface area contributed by atoms with Crippen molar-refractivity contribution in [2.75, 3.05) is 27.4 Å². The predicted octanol–water partition coefficient (Wildman–Crippen LogP) is 6.97. The highest BCUT2D eigenvalue weighted by molar-refractivity contribution is 6.09. The van der Waals surface area contributed by atoms with Gasteiger partial charge in [0, 0.05) is 16.7 Å². The first-order valence-corrected chi connectivity index (χ1v) is 14.6. The molecule has 240 valence electrons. The molecule has 0 N–H and O–H groups in total. The highest BCUT2D eigenvalue weighted by Crippen LogP contribution is 2.29. The van der Waals surface area contributed by atoms with Gasteiger partial charge in [0.1, 0.15) is 29.6 Å². The summed E-state index contributed by atoms with van der Waals surface area (Å²) in [5.41, 5.74) is 3.45. The lowest BCUT2D eigenvalue weighted by molar-refractivity contribution is -0.142. The van der Waals surface area contributed by atoms with E-state index in [0.717, 1.165) is 16.9 Å². The third-order valence-corrected chi connectivity index (χ3v) is 6.20. The average molecular weight is 633 g/mol. The minimum absolute atomic E-state index is 0.0109. The van der Waals surface area contributed by atoms with Gasteiger partial charge in [0.2, 0.25) is 0 Å². The Hall–Kier alpha value is -6.19. The molecule has 4 aromatic carbocycles. The second kappa shape index (κ2) is 20.7. The molecular weight excluding hydrogens is 596 g/mol. The van der Waals surface area contributed by atoms with Crippen LogP contribution in [0.25, 0.3) is 5.57 Å². The van der Waals surface area contributed by atoms with Crippen LogP contribution in [-0.2, 0) is 19.1 Å². The molecule has 0 heterocycles. The molecule has 0 spiro atoms. The zero-order valence-electron chi connectivity index (χ0n) is 26.8. The monoisotopic (exact) mass is 632 g/mol. The highest BCUT2D eigenvalue weighted by atomic mass is 16.5. The van der Waals surface area contributed by atoms with E-state index in [0.29, 0.717) is 29.1 Å². The Morgan fingerprint density at radius 3 is 1.45 bits per heavy atom. The van der Waals surface area contributed by atoms with E-state index in [9.17, 15) is 19.6 Å². The fourth-order valence-electron chi connectivity index (χ4n) is 4.00. The summed E-state index contributed by atoms with van der Waals surface area (Å²) in [6.45, 7) is 3.98. The van der Waals surface area contributed by atoms with Gasteiger partial charge in [-0.05, 0) is 61.4 Å². The maximum absolute atomic E-state index is 12.2. The molecule has 0 radical (unpaired) electrons. The summed E-state index contributed by atoms with van der Waals surface area (Å²) < 4.78 is 19.6. The van der Waals surface area contributed by atoms with E-state index in [1.807, 2.05) is 78.9 Å². The SMILES string of the molecule is CCOC(=O)/C(C#N)=C(\c1ccccc1)c1ccc(OC)cc1.CCOC(=O)CC#N.COc1ccc(C(=O)c2ccccc2)cc1. The topological polar surface area (TPSA) is 136 Å². The van der Waals surface area contributed by atoms with Gasteiger partial charge in [0.25, 0.3) is 0 Å². The molecule has 9 nitrogen and oxygen atoms in total. The number of nitrogens with zero attached hydrogens (tertiary/aromatic N) is 2. The molecular formula is C38H36N2O7. The third-order valence-electron chi connectivity index (χ3n) is 6.20. The van der Waals surface area contributed by atoms with E-state index < -0.39 is 11.9 Å². The summed E-state index contributed by atoms with van der Waals surface area (Å²) >= 11 is 0. The van der Waals surface area contributed by atoms with Crippen molar-refractivity contribution in [1.29, 1.82) is 10.5 Å². The number of methoxy groups -OCH3 is 2. The first-order chi connectivity index (χ1) is 22.8. The zero-order valence-corrected chi connectivity index (χ0v) is 26.8. The normalized spacial score (nSPS) is 10.1. The van der Waals surface area contributed by atoms with Crippen LogP contribution in [0.1, 0.15) is 47.3 Å². The van der Waals surface area contributed by atoms with Gasteiger partial charge < -0.3 is 18.9 Å². The summed E-state index contributed by atoms with van der Waals surface area (Å²) in [5.74, 6) is 0.420. The molecule has 0 unspecified atom stereocenters. The molecule has 0 aliphatic rings. The molecule has 47 heavy (non-hydrogen) atoms. The summed E-state index contributed by atoms with van der Waals surface area (Å²) in [7, 11) is 3.19. The summed E-state index contributed by atoms with van der Waals surface area (Å²) in [5, 5.41) is 17.4. The molecule has 4 rings (SSSR count). The fraction of sp³-hybridized carbons (Fsp3) is 0.184. The first-order valence-electron chi connectivity index (χ1n) is 14.6. The Balaban J connectivity index is 0.000000276. The van der Waals surface area contributed by atoms with E-state index in [2.05, 4.69) is 4.74 Å². The molecule has 0 saturated carbocycles. The smallest absolute Gasteiger partial charge is 0.349 e. The second-order valence-corrected chi connectivity index (χ2v) is 9.24. The molecule has 0 aliphatic heterocycles. The van der Waals surface area contributed by atoms with Crippen LogP contribution in [0, 0.1) is 22.7 Å². The van der Waals surface area contributed by atoms with Crippen molar-refractivity contribution in [3.63, 3.8) is 0 Å². The number of hydrogen-bond acceptors (Lipinski definition) is 9. The third kappa shape index (κ3) is 12.0. The molecule has 0 saturated heterocycles. The molecule has 0 fully saturated rings. The number of rotatable bonds is 10. The van der Waals surface area contributed by atoms with Crippen molar-refractivity contribution in [3.05, 3.63) is 137 Å². The van der Waals surface area contributed by atoms with E-state index >= 15 is 0 Å². The standard InChI is InChI=1S/C19H17NO3.C14H12O2.C5H7NO2/c1-3-23-19(21)17(13-20)18(14-7-5-4-6-8-14)15-9-11-16(22-2)12-10-15;1-16-13-9-7-12(8-10-13)14(15)11-5-3-2-4-6-11;1-2-8-5(7)3-4-6/h4-12H,3H2,1-2H3;2-10H,1H3;2-3H2,1H3/b18-17+;;. The average Bonchev–Trinajstić information content (AvgIpc) is 3.12. The number of esters is 2. The van der Waals surface area contributed by atoms with Crippen LogP contribution in [0.2, 0.25) is 0 Å². The Morgan fingerprint density at radius 1 is 0.596 bits per heavy atom. The number of carbonyl (C=O) groups excluding carboxylic acids is 3. The van der Waals surface area contributed by atoms with Crippen molar-refractivity contribution in [3.8, 4) is 23.6 Å². The van der Waals surface area contributed by atoms with Gasteiger partial charge >= 0.3 is 11.9 Å². The lowest BCUT2D eigenvalue weighted by Gasteiger charge is -2.12. The molecule has 0 atom stereocenters. The molecule has 9 heteroatoms. The van der Waals surface area contributed by atoms with Gasteiger partial charge in [-0.2, -0.15) is 10.5 Å². The van der Waals surface area contributed by atoms with Crippen molar-refractivity contribution in [2.45, 2.75) is 20.3 Å². The van der Waals surface area contributed by atoms with Crippen molar-refractivity contribution >= 4 is 23.3 Å². The van der Waals surface area contributed by atoms with Crippen LogP contribution in [0.15, 0.2) is 115 Å². The van der Waals surface area contributed by atoms with E-state index in [4.69, 9.17) is 19.5 Å². The van der Waals surface area contributed by atoms with Crippen LogP contribution >= 0.6 is 0 Å². The number of hydrogen-bond donors (Lipinski definition) is 0. The van der Waals surface area contributed by atoms with Gasteiger partial charge in [0.15, 0.2) is 5.78 Å². The fourth-order valence-corrected chi connectivity index (χ4v) is 4.00. The van der Waals surface area contributed by atoms with Crippen molar-refractivity contribution in [2.24, 2.45) is 0 Å². The number of nitriles is 2. The number of ketones is 1. The second-order valence-electron chi connectivity index (χ2n) is 9.24. The zero-order chi connectivity index (χ0) is 34.4. The van der Waals surface area contributed by atoms with E-state index in [-0.39, 0.29) is 24.4 Å². The Bertz CT molecular complexity index is 1690. The summed E-state index contributed by atoms with van der Waals surface area (Å²) in [6, 6.07) is 36.5. The minimum Gasteiger partial charge on any atom is -0.497 e. The van der Waals surface area contributed by atoms with E-state index in [1.54, 1.807) is 70.5 Å². The molecule has 0 aliphatic carbocycles. The van der Waals surface area contributed by atoms with Crippen molar-refractivity contribution in [1.82, 2.24) is 0 Å². The van der Waals surface area contributed by atoms with Crippen LogP contribution < -0.4 is 9.47 Å². The van der Waals surface area contributed by atoms with Crippen LogP contribution in [0.3, 0.4) is 0 Å². The maximum atomic E-state index is 12.2. The largest absolute Gasteiger partial charge is 0.497 e. The van der Waals surface area contributed by atoms with Gasteiger partial charge in [-0.3, -0.25) is 9.59 Å². The predicted molar refractivity (Wildman–Crippen MR) is 177 cm³/mol. The molecule has 0 aromatic heterocycles. The first kappa shape index (κ1) is 37.0. The lowest BCUT2D eigenvalue weighted by atomic mass is 9.93. The van der Waals surface area contributed by atoms with Gasteiger partial charge in [-0.25, -0.2) is 4.79 Å². The molecule has 0 bridgehead atoms. The lowest BCUT2D eigenvalue weighted by Crippen LogP contribution is -2.09. The maximum Gasteiger partial charge on any atom is 0.349 e. The highest BCUT2D eigenvalue weighted by Gasteiger charge is 2.19. The van der Waals surface area contributed by atoms with E-state index in [1.165, 1.54) is 0 Å². The summed E-state index contributed by atoms with van der Waals surface area (Å²) in [4.78, 5) is 34.4. The Kier molecular flexibility index (Phi) is 16.3. The molecule has 0 amide bonds. The quantitative estimate of drug-likeness (QED) is 0.0785. The van der Waals surface area contributed by atoms with Crippen molar-refractivity contribution < 1.29 is 33.3 Å². The van der Waals surface area contributed by atoms with Gasteiger partial charge in [-0.1, -0.05) is 72.8 Å². The molecule has 4 aromatic rings. The Morgan fingerprint density at radius 2 is 1.02 bits per heavy atom. The van der Waals surface area contributed by atoms with Crippen LogP contribution in [0.4, 0.5) is 0 Å². The number of benzene rings is 4. The van der Waals surface area contributed by atoms with Gasteiger partial charge in [0.05, 0.1) is 33.5 Å². The number of ether oxygens (including phenoxy) is 4. The van der Waals surface area contributed by atoms with Crippen LogP contribution in [0.5, 0.6) is 11.5 Å². The minimum atomic E-state index is -0.621. The van der Waals surface area contributed by atoms with Gasteiger partial charge in [-0.15, -0.1) is 0 Å².